The number of nitro groups is 1. The molecule has 0 bridgehead atoms. The molecule has 1 aliphatic carbocycles. The van der Waals surface area contributed by atoms with Crippen LogP contribution >= 0.6 is 34.5 Å². The summed E-state index contributed by atoms with van der Waals surface area (Å²) in [5, 5.41) is 14.0. The van der Waals surface area contributed by atoms with Crippen molar-refractivity contribution in [3.63, 3.8) is 0 Å². The summed E-state index contributed by atoms with van der Waals surface area (Å²) in [7, 11) is 0. The van der Waals surface area contributed by atoms with E-state index in [1.807, 2.05) is 0 Å². The zero-order chi connectivity index (χ0) is 18.1. The molecule has 1 saturated carbocycles. The average molecular weight is 398 g/mol. The van der Waals surface area contributed by atoms with E-state index in [0.717, 1.165) is 5.56 Å². The molecule has 1 aliphatic rings. The van der Waals surface area contributed by atoms with Crippen molar-refractivity contribution < 1.29 is 9.72 Å². The summed E-state index contributed by atoms with van der Waals surface area (Å²) in [6.07, 6.45) is 1.84. The number of thiazole rings is 1. The zero-order valence-electron chi connectivity index (χ0n) is 12.9. The number of hydrogen-bond acceptors (Lipinski definition) is 5. The highest BCUT2D eigenvalue weighted by molar-refractivity contribution is 7.14. The Kier molecular flexibility index (Phi) is 5.08. The first-order valence-electron chi connectivity index (χ1n) is 7.39. The van der Waals surface area contributed by atoms with Gasteiger partial charge in [-0.15, -0.1) is 17.9 Å². The number of benzene rings is 1. The summed E-state index contributed by atoms with van der Waals surface area (Å²) >= 11 is 13.2. The van der Waals surface area contributed by atoms with Crippen LogP contribution in [0.4, 0.5) is 5.13 Å². The number of amides is 1. The normalized spacial score (nSPS) is 18.6. The maximum absolute atomic E-state index is 12.6. The molecule has 3 rings (SSSR count). The van der Waals surface area contributed by atoms with E-state index in [1.165, 1.54) is 16.2 Å². The molecule has 0 saturated heterocycles. The molecule has 0 N–H and O–H groups in total. The fraction of sp³-hybridized carbons (Fsp3) is 0.250. The highest BCUT2D eigenvalue weighted by atomic mass is 35.5. The fourth-order valence-corrected chi connectivity index (χ4v) is 3.59. The van der Waals surface area contributed by atoms with Crippen LogP contribution in [0.15, 0.2) is 36.2 Å². The van der Waals surface area contributed by atoms with Crippen molar-refractivity contribution in [3.8, 4) is 11.3 Å². The molecule has 1 amide bonds. The summed E-state index contributed by atoms with van der Waals surface area (Å²) in [5.41, 5.74) is 1.43. The summed E-state index contributed by atoms with van der Waals surface area (Å²) in [6.45, 7) is 3.89. The third-order valence-electron chi connectivity index (χ3n) is 3.86. The van der Waals surface area contributed by atoms with Gasteiger partial charge in [0.15, 0.2) is 5.13 Å². The Morgan fingerprint density at radius 2 is 2.24 bits per heavy atom. The zero-order valence-corrected chi connectivity index (χ0v) is 15.2. The van der Waals surface area contributed by atoms with Gasteiger partial charge >= 0.3 is 0 Å². The van der Waals surface area contributed by atoms with Gasteiger partial charge in [-0.3, -0.25) is 19.8 Å². The second kappa shape index (κ2) is 7.11. The Morgan fingerprint density at radius 1 is 1.48 bits per heavy atom. The van der Waals surface area contributed by atoms with Crippen molar-refractivity contribution >= 4 is 45.6 Å². The largest absolute Gasteiger partial charge is 0.284 e. The van der Waals surface area contributed by atoms with E-state index in [9.17, 15) is 14.9 Å². The molecule has 1 heterocycles. The average Bonchev–Trinajstić information content (AvgIpc) is 3.25. The molecule has 0 spiro atoms. The van der Waals surface area contributed by atoms with Gasteiger partial charge in [0.05, 0.1) is 15.7 Å². The summed E-state index contributed by atoms with van der Waals surface area (Å²) in [6, 6.07) is 4.37. The lowest BCUT2D eigenvalue weighted by molar-refractivity contribution is -0.497. The Balaban J connectivity index is 1.84. The number of aromatic nitrogens is 1. The van der Waals surface area contributed by atoms with Crippen LogP contribution in [0.1, 0.15) is 6.42 Å². The van der Waals surface area contributed by atoms with Crippen molar-refractivity contribution in [2.75, 3.05) is 11.4 Å². The van der Waals surface area contributed by atoms with Crippen LogP contribution < -0.4 is 4.90 Å². The molecule has 2 unspecified atom stereocenters. The molecule has 1 aromatic heterocycles. The number of carbonyl (C=O) groups is 1. The molecule has 2 aromatic rings. The third kappa shape index (κ3) is 3.68. The fourth-order valence-electron chi connectivity index (χ4n) is 2.45. The van der Waals surface area contributed by atoms with E-state index in [4.69, 9.17) is 23.2 Å². The Morgan fingerprint density at radius 3 is 2.84 bits per heavy atom. The van der Waals surface area contributed by atoms with Crippen molar-refractivity contribution in [1.29, 1.82) is 0 Å². The molecular formula is C16H13Cl2N3O3S. The minimum atomic E-state index is -0.797. The second-order valence-corrected chi connectivity index (χ2v) is 7.23. The predicted octanol–water partition coefficient (Wildman–Crippen LogP) is 4.30. The van der Waals surface area contributed by atoms with Gasteiger partial charge in [0.1, 0.15) is 5.92 Å². The van der Waals surface area contributed by atoms with Crippen molar-refractivity contribution in [1.82, 2.24) is 4.98 Å². The number of anilines is 1. The van der Waals surface area contributed by atoms with Crippen LogP contribution in [0, 0.1) is 16.0 Å². The van der Waals surface area contributed by atoms with Gasteiger partial charge in [0.2, 0.25) is 11.9 Å². The first-order chi connectivity index (χ1) is 11.9. The lowest BCUT2D eigenvalue weighted by Crippen LogP contribution is -2.33. The smallest absolute Gasteiger partial charge is 0.239 e. The molecule has 2 atom stereocenters. The molecule has 9 heteroatoms. The molecule has 1 fully saturated rings. The predicted molar refractivity (Wildman–Crippen MR) is 99.0 cm³/mol. The van der Waals surface area contributed by atoms with Crippen LogP contribution in [0.5, 0.6) is 0 Å². The van der Waals surface area contributed by atoms with Crippen LogP contribution in [-0.2, 0) is 4.79 Å². The molecule has 0 radical (unpaired) electrons. The van der Waals surface area contributed by atoms with Gasteiger partial charge in [-0.05, 0) is 12.1 Å². The van der Waals surface area contributed by atoms with Crippen molar-refractivity contribution in [2.24, 2.45) is 5.92 Å². The monoisotopic (exact) mass is 397 g/mol. The maximum Gasteiger partial charge on any atom is 0.239 e. The lowest BCUT2D eigenvalue weighted by atomic mass is 10.2. The minimum absolute atomic E-state index is 0.244. The first kappa shape index (κ1) is 17.8. The van der Waals surface area contributed by atoms with E-state index in [1.54, 1.807) is 29.7 Å². The van der Waals surface area contributed by atoms with E-state index in [0.29, 0.717) is 20.9 Å². The van der Waals surface area contributed by atoms with Crippen LogP contribution in [0.25, 0.3) is 11.3 Å². The van der Waals surface area contributed by atoms with E-state index >= 15 is 0 Å². The third-order valence-corrected chi connectivity index (χ3v) is 5.46. The molecular weight excluding hydrogens is 385 g/mol. The van der Waals surface area contributed by atoms with Crippen LogP contribution in [-0.4, -0.2) is 28.4 Å². The first-order valence-corrected chi connectivity index (χ1v) is 9.02. The van der Waals surface area contributed by atoms with Crippen molar-refractivity contribution in [3.05, 3.63) is 56.4 Å². The van der Waals surface area contributed by atoms with Gasteiger partial charge in [0.25, 0.3) is 0 Å². The number of rotatable bonds is 6. The number of hydrogen-bond donors (Lipinski definition) is 0. The Hall–Kier alpha value is -1.96. The molecule has 1 aromatic carbocycles. The lowest BCUT2D eigenvalue weighted by Gasteiger charge is -2.17. The summed E-state index contributed by atoms with van der Waals surface area (Å²) in [5.74, 6) is -0.885. The number of halogens is 2. The highest BCUT2D eigenvalue weighted by Gasteiger charge is 2.55. The highest BCUT2D eigenvalue weighted by Crippen LogP contribution is 2.37. The minimum Gasteiger partial charge on any atom is -0.284 e. The van der Waals surface area contributed by atoms with E-state index in [2.05, 4.69) is 11.6 Å². The second-order valence-electron chi connectivity index (χ2n) is 5.58. The maximum atomic E-state index is 12.6. The summed E-state index contributed by atoms with van der Waals surface area (Å²) in [4.78, 5) is 28.9. The van der Waals surface area contributed by atoms with Gasteiger partial charge in [-0.2, -0.15) is 0 Å². The van der Waals surface area contributed by atoms with Crippen LogP contribution in [0.2, 0.25) is 10.0 Å². The Bertz CT molecular complexity index is 855. The van der Waals surface area contributed by atoms with Crippen molar-refractivity contribution in [2.45, 2.75) is 12.5 Å². The molecule has 0 aliphatic heterocycles. The van der Waals surface area contributed by atoms with Gasteiger partial charge in [-0.1, -0.05) is 35.3 Å². The topological polar surface area (TPSA) is 76.3 Å². The number of nitrogens with zero attached hydrogens (tertiary/aromatic N) is 3. The standard InChI is InChI=1S/C16H13Cl2N3O3S/c1-2-5-20(15(22)10-7-14(10)21(23)24)16-19-13(8-25-16)9-3-4-11(17)12(18)6-9/h2-4,6,8,10,14H,1,5,7H2. The summed E-state index contributed by atoms with van der Waals surface area (Å²) < 4.78 is 0. The number of carbonyl (C=O) groups excluding carboxylic acids is 1. The molecule has 25 heavy (non-hydrogen) atoms. The van der Waals surface area contributed by atoms with E-state index in [-0.39, 0.29) is 18.9 Å². The quantitative estimate of drug-likeness (QED) is 0.413. The molecule has 6 nitrogen and oxygen atoms in total. The SMILES string of the molecule is C=CCN(C(=O)C1CC1[N+](=O)[O-])c1nc(-c2ccc(Cl)c(Cl)c2)cs1. The van der Waals surface area contributed by atoms with E-state index < -0.39 is 16.9 Å². The Labute approximate surface area is 157 Å². The molecule has 130 valence electrons. The van der Waals surface area contributed by atoms with Gasteiger partial charge < -0.3 is 0 Å². The van der Waals surface area contributed by atoms with Gasteiger partial charge in [0, 0.05) is 28.8 Å². The van der Waals surface area contributed by atoms with Crippen LogP contribution in [0.3, 0.4) is 0 Å². The van der Waals surface area contributed by atoms with Gasteiger partial charge in [-0.25, -0.2) is 4.98 Å².